The van der Waals surface area contributed by atoms with Crippen molar-refractivity contribution in [1.82, 2.24) is 5.32 Å². The van der Waals surface area contributed by atoms with Gasteiger partial charge >= 0.3 is 0 Å². The van der Waals surface area contributed by atoms with E-state index >= 15 is 0 Å². The van der Waals surface area contributed by atoms with E-state index in [1.165, 1.54) is 30.3 Å². The fraction of sp³-hybridized carbons (Fsp3) is 0.0714. The van der Waals surface area contributed by atoms with Gasteiger partial charge in [0.1, 0.15) is 11.6 Å². The van der Waals surface area contributed by atoms with Gasteiger partial charge in [0, 0.05) is 17.0 Å². The summed E-state index contributed by atoms with van der Waals surface area (Å²) in [6, 6.07) is 9.85. The molecule has 0 spiro atoms. The average Bonchev–Trinajstić information content (AvgIpc) is 2.39. The van der Waals surface area contributed by atoms with E-state index < -0.39 is 5.82 Å². The van der Waals surface area contributed by atoms with E-state index in [1.54, 1.807) is 12.1 Å². The van der Waals surface area contributed by atoms with E-state index in [-0.39, 0.29) is 23.2 Å². The minimum Gasteiger partial charge on any atom is -0.348 e. The molecule has 2 rings (SSSR count). The summed E-state index contributed by atoms with van der Waals surface area (Å²) >= 11 is 3.91. The Bertz CT molecular complexity index is 616. The maximum absolute atomic E-state index is 13.0. The molecule has 0 atom stereocenters. The summed E-state index contributed by atoms with van der Waals surface area (Å²) in [5.74, 6) is -1.20. The summed E-state index contributed by atoms with van der Waals surface area (Å²) in [6.07, 6.45) is 0. The van der Waals surface area contributed by atoms with Crippen LogP contribution in [-0.2, 0) is 6.54 Å². The van der Waals surface area contributed by atoms with Crippen LogP contribution in [0.2, 0.25) is 0 Å². The van der Waals surface area contributed by atoms with Gasteiger partial charge < -0.3 is 5.32 Å². The van der Waals surface area contributed by atoms with Crippen molar-refractivity contribution in [3.05, 3.63) is 65.2 Å². The van der Waals surface area contributed by atoms with E-state index in [1.807, 2.05) is 0 Å². The van der Waals surface area contributed by atoms with E-state index in [0.29, 0.717) is 11.1 Å². The molecule has 0 unspecified atom stereocenters. The van der Waals surface area contributed by atoms with Gasteiger partial charge in [-0.3, -0.25) is 4.79 Å². The Hall–Kier alpha value is -1.88. The molecule has 2 nitrogen and oxygen atoms in total. The van der Waals surface area contributed by atoms with Gasteiger partial charge in [-0.05, 0) is 35.9 Å². The molecule has 2 aromatic rings. The van der Waals surface area contributed by atoms with Gasteiger partial charge in [-0.25, -0.2) is 8.78 Å². The van der Waals surface area contributed by atoms with Gasteiger partial charge in [0.15, 0.2) is 0 Å². The molecule has 0 aliphatic carbocycles. The molecule has 98 valence electrons. The van der Waals surface area contributed by atoms with Crippen LogP contribution in [0.1, 0.15) is 15.9 Å². The number of amides is 1. The molecule has 1 N–H and O–H groups in total. The van der Waals surface area contributed by atoms with Crippen LogP contribution in [0.4, 0.5) is 8.78 Å². The summed E-state index contributed by atoms with van der Waals surface area (Å²) < 4.78 is 26.0. The number of halogens is 2. The van der Waals surface area contributed by atoms with Gasteiger partial charge in [0.2, 0.25) is 0 Å². The molecule has 2 aromatic carbocycles. The van der Waals surface area contributed by atoms with Crippen molar-refractivity contribution in [2.24, 2.45) is 0 Å². The third-order valence-corrected chi connectivity index (χ3v) is 2.89. The molecule has 0 aliphatic heterocycles. The normalized spacial score (nSPS) is 10.3. The summed E-state index contributed by atoms with van der Waals surface area (Å²) in [5, 5.41) is 2.63. The zero-order chi connectivity index (χ0) is 13.8. The Morgan fingerprint density at radius 3 is 2.63 bits per heavy atom. The third-order valence-electron chi connectivity index (χ3n) is 2.55. The van der Waals surface area contributed by atoms with Crippen molar-refractivity contribution >= 4 is 18.5 Å². The van der Waals surface area contributed by atoms with Crippen molar-refractivity contribution in [3.63, 3.8) is 0 Å². The van der Waals surface area contributed by atoms with Crippen molar-refractivity contribution in [2.45, 2.75) is 11.4 Å². The van der Waals surface area contributed by atoms with E-state index in [4.69, 9.17) is 0 Å². The summed E-state index contributed by atoms with van der Waals surface area (Å²) in [6.45, 7) is 0.204. The first-order chi connectivity index (χ1) is 9.06. The molecule has 0 bridgehead atoms. The highest BCUT2D eigenvalue weighted by atomic mass is 32.1. The lowest BCUT2D eigenvalue weighted by atomic mass is 10.2. The van der Waals surface area contributed by atoms with Crippen LogP contribution in [0, 0.1) is 11.6 Å². The van der Waals surface area contributed by atoms with Crippen LogP contribution in [0.3, 0.4) is 0 Å². The number of nitrogens with one attached hydrogen (secondary N) is 1. The Balaban J connectivity index is 2.03. The smallest absolute Gasteiger partial charge is 0.251 e. The molecule has 0 fully saturated rings. The van der Waals surface area contributed by atoms with Crippen molar-refractivity contribution in [2.75, 3.05) is 0 Å². The molecule has 0 radical (unpaired) electrons. The van der Waals surface area contributed by atoms with Gasteiger partial charge in [0.25, 0.3) is 5.91 Å². The quantitative estimate of drug-likeness (QED) is 0.830. The van der Waals surface area contributed by atoms with Gasteiger partial charge in [-0.15, -0.1) is 12.6 Å². The standard InChI is InChI=1S/C14H11F2NOS/c15-11-3-1-2-9(6-11)8-17-14(18)10-4-5-12(16)13(19)7-10/h1-7,19H,8H2,(H,17,18). The lowest BCUT2D eigenvalue weighted by Gasteiger charge is -2.06. The van der Waals surface area contributed by atoms with Crippen LogP contribution in [0.25, 0.3) is 0 Å². The van der Waals surface area contributed by atoms with Crippen molar-refractivity contribution in [3.8, 4) is 0 Å². The topological polar surface area (TPSA) is 29.1 Å². The van der Waals surface area contributed by atoms with E-state index in [0.717, 1.165) is 0 Å². The summed E-state index contributed by atoms with van der Waals surface area (Å²) in [7, 11) is 0. The maximum atomic E-state index is 13.0. The van der Waals surface area contributed by atoms with Crippen molar-refractivity contribution < 1.29 is 13.6 Å². The number of rotatable bonds is 3. The zero-order valence-corrected chi connectivity index (χ0v) is 10.8. The number of hydrogen-bond donors (Lipinski definition) is 2. The first-order valence-electron chi connectivity index (χ1n) is 5.57. The minimum absolute atomic E-state index is 0.110. The average molecular weight is 279 g/mol. The second kappa shape index (κ2) is 5.84. The minimum atomic E-state index is -0.481. The third kappa shape index (κ3) is 3.54. The molecule has 0 saturated heterocycles. The number of hydrogen-bond acceptors (Lipinski definition) is 2. The first-order valence-corrected chi connectivity index (χ1v) is 6.02. The molecule has 19 heavy (non-hydrogen) atoms. The largest absolute Gasteiger partial charge is 0.348 e. The molecule has 1 amide bonds. The molecule has 0 aliphatic rings. The van der Waals surface area contributed by atoms with Gasteiger partial charge in [-0.2, -0.15) is 0 Å². The summed E-state index contributed by atoms with van der Waals surface area (Å²) in [5.41, 5.74) is 0.962. The van der Waals surface area contributed by atoms with Gasteiger partial charge in [-0.1, -0.05) is 12.1 Å². The Labute approximate surface area is 114 Å². The second-order valence-corrected chi connectivity index (χ2v) is 4.46. The van der Waals surface area contributed by atoms with Crippen LogP contribution in [-0.4, -0.2) is 5.91 Å². The highest BCUT2D eigenvalue weighted by Gasteiger charge is 2.08. The zero-order valence-electron chi connectivity index (χ0n) is 9.86. The SMILES string of the molecule is O=C(NCc1cccc(F)c1)c1ccc(F)c(S)c1. The first kappa shape index (κ1) is 13.5. The Morgan fingerprint density at radius 2 is 1.95 bits per heavy atom. The van der Waals surface area contributed by atoms with Gasteiger partial charge in [0.05, 0.1) is 0 Å². The molecule has 0 heterocycles. The molecular weight excluding hydrogens is 268 g/mol. The monoisotopic (exact) mass is 279 g/mol. The molecule has 0 saturated carbocycles. The predicted octanol–water partition coefficient (Wildman–Crippen LogP) is 3.18. The van der Waals surface area contributed by atoms with E-state index in [9.17, 15) is 13.6 Å². The highest BCUT2D eigenvalue weighted by molar-refractivity contribution is 7.80. The Morgan fingerprint density at radius 1 is 1.16 bits per heavy atom. The summed E-state index contributed by atoms with van der Waals surface area (Å²) in [4.78, 5) is 11.9. The second-order valence-electron chi connectivity index (χ2n) is 3.98. The fourth-order valence-corrected chi connectivity index (χ4v) is 1.80. The predicted molar refractivity (Wildman–Crippen MR) is 71.2 cm³/mol. The van der Waals surface area contributed by atoms with Crippen molar-refractivity contribution in [1.29, 1.82) is 0 Å². The lowest BCUT2D eigenvalue weighted by Crippen LogP contribution is -2.22. The number of carbonyl (C=O) groups is 1. The Kier molecular flexibility index (Phi) is 4.16. The molecule has 0 aromatic heterocycles. The molecule has 5 heteroatoms. The highest BCUT2D eigenvalue weighted by Crippen LogP contribution is 2.14. The lowest BCUT2D eigenvalue weighted by molar-refractivity contribution is 0.0950. The number of carbonyl (C=O) groups excluding carboxylic acids is 1. The maximum Gasteiger partial charge on any atom is 0.251 e. The number of benzene rings is 2. The van der Waals surface area contributed by atoms with Crippen LogP contribution in [0.15, 0.2) is 47.4 Å². The van der Waals surface area contributed by atoms with Crippen LogP contribution in [0.5, 0.6) is 0 Å². The van der Waals surface area contributed by atoms with Crippen LogP contribution >= 0.6 is 12.6 Å². The fourth-order valence-electron chi connectivity index (χ4n) is 1.59. The van der Waals surface area contributed by atoms with E-state index in [2.05, 4.69) is 17.9 Å². The number of thiol groups is 1. The molecular formula is C14H11F2NOS. The van der Waals surface area contributed by atoms with Crippen LogP contribution < -0.4 is 5.32 Å².